The maximum absolute atomic E-state index is 9.06. The molecule has 0 aromatic heterocycles. The third-order valence-corrected chi connectivity index (χ3v) is 2.71. The minimum atomic E-state index is 0.115. The van der Waals surface area contributed by atoms with Crippen LogP contribution in [0.15, 0.2) is 24.3 Å². The van der Waals surface area contributed by atoms with Crippen molar-refractivity contribution in [2.75, 3.05) is 17.7 Å². The number of nitrogens with two attached hydrogens (primary N) is 1. The number of aliphatic hydroxyl groups excluding tert-OH is 1. The summed E-state index contributed by atoms with van der Waals surface area (Å²) in [4.78, 5) is 0. The summed E-state index contributed by atoms with van der Waals surface area (Å²) in [6, 6.07) is 7.93. The molecule has 0 spiro atoms. The molecule has 3 nitrogen and oxygen atoms in total. The van der Waals surface area contributed by atoms with Gasteiger partial charge in [0.25, 0.3) is 0 Å². The normalized spacial score (nSPS) is 13.5. The number of aliphatic hydroxyl groups is 1. The van der Waals surface area contributed by atoms with Gasteiger partial charge in [0.15, 0.2) is 0 Å². The van der Waals surface area contributed by atoms with E-state index in [2.05, 4.69) is 26.1 Å². The SMILES string of the molecule is CC(C)(C)C(CCO)Nc1ccc(N)cc1. The summed E-state index contributed by atoms with van der Waals surface area (Å²) in [6.07, 6.45) is 0.744. The van der Waals surface area contributed by atoms with Gasteiger partial charge in [-0.25, -0.2) is 0 Å². The summed E-state index contributed by atoms with van der Waals surface area (Å²) >= 11 is 0. The Morgan fingerprint density at radius 1 is 1.25 bits per heavy atom. The molecule has 0 amide bonds. The zero-order valence-electron chi connectivity index (χ0n) is 10.3. The summed E-state index contributed by atoms with van der Waals surface area (Å²) < 4.78 is 0. The first-order valence-corrected chi connectivity index (χ1v) is 5.66. The van der Waals surface area contributed by atoms with Crippen molar-refractivity contribution in [1.29, 1.82) is 0 Å². The van der Waals surface area contributed by atoms with Crippen molar-refractivity contribution in [3.63, 3.8) is 0 Å². The minimum Gasteiger partial charge on any atom is -0.399 e. The first-order chi connectivity index (χ1) is 7.43. The Hall–Kier alpha value is -1.22. The smallest absolute Gasteiger partial charge is 0.0450 e. The van der Waals surface area contributed by atoms with Crippen molar-refractivity contribution in [2.45, 2.75) is 33.2 Å². The Kier molecular flexibility index (Phi) is 4.19. The summed E-state index contributed by atoms with van der Waals surface area (Å²) in [7, 11) is 0. The number of nitrogens with one attached hydrogen (secondary N) is 1. The lowest BCUT2D eigenvalue weighted by molar-refractivity contribution is 0.235. The van der Waals surface area contributed by atoms with Gasteiger partial charge in [0.05, 0.1) is 0 Å². The lowest BCUT2D eigenvalue weighted by Crippen LogP contribution is -2.34. The Labute approximate surface area is 97.7 Å². The first kappa shape index (κ1) is 12.8. The highest BCUT2D eigenvalue weighted by atomic mass is 16.3. The van der Waals surface area contributed by atoms with E-state index in [9.17, 15) is 0 Å². The zero-order valence-corrected chi connectivity index (χ0v) is 10.3. The molecule has 16 heavy (non-hydrogen) atoms. The van der Waals surface area contributed by atoms with E-state index in [0.717, 1.165) is 17.8 Å². The molecule has 0 fully saturated rings. The van der Waals surface area contributed by atoms with Crippen LogP contribution in [0.5, 0.6) is 0 Å². The quantitative estimate of drug-likeness (QED) is 0.686. The largest absolute Gasteiger partial charge is 0.399 e. The Morgan fingerprint density at radius 3 is 2.25 bits per heavy atom. The van der Waals surface area contributed by atoms with E-state index in [0.29, 0.717) is 0 Å². The van der Waals surface area contributed by atoms with Crippen molar-refractivity contribution in [1.82, 2.24) is 0 Å². The molecule has 0 heterocycles. The van der Waals surface area contributed by atoms with Gasteiger partial charge in [-0.3, -0.25) is 0 Å². The fourth-order valence-electron chi connectivity index (χ4n) is 1.63. The molecule has 0 saturated heterocycles. The molecular formula is C13H22N2O. The molecule has 4 N–H and O–H groups in total. The van der Waals surface area contributed by atoms with Gasteiger partial charge in [0.2, 0.25) is 0 Å². The number of nitrogen functional groups attached to an aromatic ring is 1. The van der Waals surface area contributed by atoms with E-state index >= 15 is 0 Å². The molecule has 1 rings (SSSR count). The van der Waals surface area contributed by atoms with E-state index < -0.39 is 0 Å². The summed E-state index contributed by atoms with van der Waals surface area (Å²) in [5, 5.41) is 12.5. The molecule has 0 radical (unpaired) electrons. The van der Waals surface area contributed by atoms with Crippen LogP contribution in [0.2, 0.25) is 0 Å². The third-order valence-electron chi connectivity index (χ3n) is 2.71. The second-order valence-electron chi connectivity index (χ2n) is 5.20. The van der Waals surface area contributed by atoms with Crippen molar-refractivity contribution >= 4 is 11.4 Å². The third kappa shape index (κ3) is 3.74. The molecule has 1 unspecified atom stereocenters. The topological polar surface area (TPSA) is 58.3 Å². The van der Waals surface area contributed by atoms with Gasteiger partial charge in [0, 0.05) is 24.0 Å². The standard InChI is InChI=1S/C13H22N2O/c1-13(2,3)12(8-9-16)15-11-6-4-10(14)5-7-11/h4-7,12,15-16H,8-9,14H2,1-3H3. The van der Waals surface area contributed by atoms with E-state index in [1.165, 1.54) is 0 Å². The summed E-state index contributed by atoms with van der Waals surface area (Å²) in [5.74, 6) is 0. The van der Waals surface area contributed by atoms with Crippen LogP contribution in [0.25, 0.3) is 0 Å². The number of hydrogen-bond acceptors (Lipinski definition) is 3. The average molecular weight is 222 g/mol. The highest BCUT2D eigenvalue weighted by Gasteiger charge is 2.23. The monoisotopic (exact) mass is 222 g/mol. The van der Waals surface area contributed by atoms with E-state index in [-0.39, 0.29) is 18.1 Å². The lowest BCUT2D eigenvalue weighted by atomic mass is 9.85. The number of hydrogen-bond donors (Lipinski definition) is 3. The highest BCUT2D eigenvalue weighted by Crippen LogP contribution is 2.25. The molecule has 0 aliphatic carbocycles. The van der Waals surface area contributed by atoms with Crippen LogP contribution >= 0.6 is 0 Å². The van der Waals surface area contributed by atoms with Crippen LogP contribution in [-0.4, -0.2) is 17.8 Å². The molecule has 0 aliphatic heterocycles. The Bertz CT molecular complexity index is 314. The molecule has 1 atom stereocenters. The fraction of sp³-hybridized carbons (Fsp3) is 0.538. The highest BCUT2D eigenvalue weighted by molar-refractivity contribution is 5.51. The van der Waals surface area contributed by atoms with Gasteiger partial charge in [-0.2, -0.15) is 0 Å². The van der Waals surface area contributed by atoms with Crippen LogP contribution in [-0.2, 0) is 0 Å². The van der Waals surface area contributed by atoms with Crippen LogP contribution in [0.3, 0.4) is 0 Å². The predicted molar refractivity (Wildman–Crippen MR) is 69.4 cm³/mol. The Balaban J connectivity index is 2.72. The molecule has 90 valence electrons. The van der Waals surface area contributed by atoms with Crippen LogP contribution in [0.1, 0.15) is 27.2 Å². The van der Waals surface area contributed by atoms with Crippen molar-refractivity contribution in [2.24, 2.45) is 5.41 Å². The molecule has 0 aliphatic rings. The van der Waals surface area contributed by atoms with Crippen molar-refractivity contribution in [3.05, 3.63) is 24.3 Å². The van der Waals surface area contributed by atoms with Gasteiger partial charge in [-0.05, 0) is 36.1 Å². The number of benzene rings is 1. The minimum absolute atomic E-state index is 0.115. The van der Waals surface area contributed by atoms with Crippen LogP contribution < -0.4 is 11.1 Å². The van der Waals surface area contributed by atoms with Crippen LogP contribution in [0.4, 0.5) is 11.4 Å². The van der Waals surface area contributed by atoms with E-state index in [1.807, 2.05) is 24.3 Å². The van der Waals surface area contributed by atoms with E-state index in [1.54, 1.807) is 0 Å². The second kappa shape index (κ2) is 5.21. The van der Waals surface area contributed by atoms with Gasteiger partial charge < -0.3 is 16.2 Å². The summed E-state index contributed by atoms with van der Waals surface area (Å²) in [6.45, 7) is 6.69. The lowest BCUT2D eigenvalue weighted by Gasteiger charge is -2.32. The van der Waals surface area contributed by atoms with Crippen molar-refractivity contribution < 1.29 is 5.11 Å². The van der Waals surface area contributed by atoms with Gasteiger partial charge in [-0.1, -0.05) is 20.8 Å². The maximum atomic E-state index is 9.06. The van der Waals surface area contributed by atoms with Gasteiger partial charge >= 0.3 is 0 Å². The molecule has 1 aromatic rings. The molecule has 1 aromatic carbocycles. The van der Waals surface area contributed by atoms with Crippen LogP contribution in [0, 0.1) is 5.41 Å². The molecule has 0 bridgehead atoms. The average Bonchev–Trinajstić information content (AvgIpc) is 2.19. The van der Waals surface area contributed by atoms with Crippen molar-refractivity contribution in [3.8, 4) is 0 Å². The molecular weight excluding hydrogens is 200 g/mol. The fourth-order valence-corrected chi connectivity index (χ4v) is 1.63. The number of rotatable bonds is 4. The van der Waals surface area contributed by atoms with E-state index in [4.69, 9.17) is 10.8 Å². The molecule has 0 saturated carbocycles. The van der Waals surface area contributed by atoms with Gasteiger partial charge in [-0.15, -0.1) is 0 Å². The Morgan fingerprint density at radius 2 is 1.81 bits per heavy atom. The molecule has 3 heteroatoms. The predicted octanol–water partition coefficient (Wildman–Crippen LogP) is 2.48. The maximum Gasteiger partial charge on any atom is 0.0450 e. The van der Waals surface area contributed by atoms with Gasteiger partial charge in [0.1, 0.15) is 0 Å². The zero-order chi connectivity index (χ0) is 12.2. The first-order valence-electron chi connectivity index (χ1n) is 5.66. The number of anilines is 2. The second-order valence-corrected chi connectivity index (χ2v) is 5.20. The summed E-state index contributed by atoms with van der Waals surface area (Å²) in [5.41, 5.74) is 7.56.